The molecule has 2 aromatic rings. The lowest BCUT2D eigenvalue weighted by Gasteiger charge is -2.11. The van der Waals surface area contributed by atoms with E-state index in [1.807, 2.05) is 17.7 Å². The lowest BCUT2D eigenvalue weighted by Crippen LogP contribution is -2.12. The molecule has 0 atom stereocenters. The van der Waals surface area contributed by atoms with E-state index < -0.39 is 11.6 Å². The van der Waals surface area contributed by atoms with Crippen molar-refractivity contribution in [2.45, 2.75) is 13.5 Å². The Morgan fingerprint density at radius 1 is 1.39 bits per heavy atom. The van der Waals surface area contributed by atoms with Crippen LogP contribution in [0.3, 0.4) is 0 Å². The first kappa shape index (κ1) is 13.0. The van der Waals surface area contributed by atoms with Crippen molar-refractivity contribution in [2.75, 3.05) is 11.9 Å². The molecule has 1 aromatic carbocycles. The molecule has 0 spiro atoms. The summed E-state index contributed by atoms with van der Waals surface area (Å²) in [5.74, 6) is -0.310. The summed E-state index contributed by atoms with van der Waals surface area (Å²) in [5, 5.41) is 2.94. The van der Waals surface area contributed by atoms with Crippen LogP contribution in [-0.2, 0) is 6.54 Å². The fourth-order valence-electron chi connectivity index (χ4n) is 1.65. The Kier molecular flexibility index (Phi) is 3.96. The summed E-state index contributed by atoms with van der Waals surface area (Å²) >= 11 is 3.13. The SMILES string of the molecule is Cc1nccn1CCNc1c(F)cc(F)cc1Br. The van der Waals surface area contributed by atoms with E-state index in [1.54, 1.807) is 6.20 Å². The lowest BCUT2D eigenvalue weighted by atomic mass is 10.3. The molecule has 18 heavy (non-hydrogen) atoms. The normalized spacial score (nSPS) is 10.7. The second kappa shape index (κ2) is 5.48. The van der Waals surface area contributed by atoms with Crippen molar-refractivity contribution < 1.29 is 8.78 Å². The summed E-state index contributed by atoms with van der Waals surface area (Å²) in [5.41, 5.74) is 0.272. The average Bonchev–Trinajstić information content (AvgIpc) is 2.68. The van der Waals surface area contributed by atoms with Gasteiger partial charge in [-0.05, 0) is 28.9 Å². The number of rotatable bonds is 4. The minimum atomic E-state index is -0.607. The molecule has 0 aliphatic rings. The van der Waals surface area contributed by atoms with Crippen molar-refractivity contribution in [1.82, 2.24) is 9.55 Å². The first-order valence-corrected chi connectivity index (χ1v) is 6.23. The predicted octanol–water partition coefficient (Wildman–Crippen LogP) is 3.34. The first-order chi connectivity index (χ1) is 8.58. The highest BCUT2D eigenvalue weighted by molar-refractivity contribution is 9.10. The van der Waals surface area contributed by atoms with E-state index in [1.165, 1.54) is 6.07 Å². The second-order valence-electron chi connectivity index (χ2n) is 3.84. The van der Waals surface area contributed by atoms with Crippen LogP contribution in [0.1, 0.15) is 5.82 Å². The number of benzene rings is 1. The third-order valence-electron chi connectivity index (χ3n) is 2.59. The van der Waals surface area contributed by atoms with Gasteiger partial charge in [-0.3, -0.25) is 0 Å². The van der Waals surface area contributed by atoms with Crippen molar-refractivity contribution in [3.8, 4) is 0 Å². The summed E-state index contributed by atoms with van der Waals surface area (Å²) < 4.78 is 28.7. The number of anilines is 1. The van der Waals surface area contributed by atoms with Gasteiger partial charge in [-0.1, -0.05) is 0 Å². The Morgan fingerprint density at radius 2 is 2.17 bits per heavy atom. The van der Waals surface area contributed by atoms with Gasteiger partial charge < -0.3 is 9.88 Å². The molecule has 96 valence electrons. The fraction of sp³-hybridized carbons (Fsp3) is 0.250. The van der Waals surface area contributed by atoms with Gasteiger partial charge in [0.1, 0.15) is 17.5 Å². The Balaban J connectivity index is 2.01. The number of halogens is 3. The number of aromatic nitrogens is 2. The van der Waals surface area contributed by atoms with Crippen LogP contribution in [0.25, 0.3) is 0 Å². The zero-order valence-electron chi connectivity index (χ0n) is 9.75. The van der Waals surface area contributed by atoms with Crippen LogP contribution < -0.4 is 5.32 Å². The van der Waals surface area contributed by atoms with Gasteiger partial charge in [0.05, 0.1) is 5.69 Å². The molecular formula is C12H12BrF2N3. The zero-order valence-corrected chi connectivity index (χ0v) is 11.3. The van der Waals surface area contributed by atoms with Gasteiger partial charge in [0.15, 0.2) is 0 Å². The summed E-state index contributed by atoms with van der Waals surface area (Å²) in [6.45, 7) is 3.09. The molecule has 1 aromatic heterocycles. The third-order valence-corrected chi connectivity index (χ3v) is 3.21. The van der Waals surface area contributed by atoms with Crippen LogP contribution in [0.5, 0.6) is 0 Å². The first-order valence-electron chi connectivity index (χ1n) is 5.44. The predicted molar refractivity (Wildman–Crippen MR) is 69.5 cm³/mol. The van der Waals surface area contributed by atoms with Gasteiger partial charge in [0.2, 0.25) is 0 Å². The molecule has 0 amide bonds. The van der Waals surface area contributed by atoms with Crippen LogP contribution in [0.15, 0.2) is 29.0 Å². The molecule has 0 fully saturated rings. The highest BCUT2D eigenvalue weighted by Crippen LogP contribution is 2.26. The molecule has 0 saturated heterocycles. The van der Waals surface area contributed by atoms with Crippen LogP contribution in [-0.4, -0.2) is 16.1 Å². The van der Waals surface area contributed by atoms with E-state index in [2.05, 4.69) is 26.2 Å². The number of aryl methyl sites for hydroxylation is 1. The molecule has 1 heterocycles. The second-order valence-corrected chi connectivity index (χ2v) is 4.69. The van der Waals surface area contributed by atoms with Crippen molar-refractivity contribution in [3.05, 3.63) is 46.5 Å². The minimum Gasteiger partial charge on any atom is -0.380 e. The molecule has 1 N–H and O–H groups in total. The monoisotopic (exact) mass is 315 g/mol. The van der Waals surface area contributed by atoms with E-state index in [0.717, 1.165) is 11.9 Å². The maximum absolute atomic E-state index is 13.5. The van der Waals surface area contributed by atoms with Gasteiger partial charge in [-0.25, -0.2) is 13.8 Å². The molecule has 0 radical (unpaired) electrons. The number of hydrogen-bond acceptors (Lipinski definition) is 2. The summed E-state index contributed by atoms with van der Waals surface area (Å²) in [6, 6.07) is 2.09. The summed E-state index contributed by atoms with van der Waals surface area (Å²) in [6.07, 6.45) is 3.57. The van der Waals surface area contributed by atoms with E-state index in [0.29, 0.717) is 17.6 Å². The molecule has 3 nitrogen and oxygen atoms in total. The quantitative estimate of drug-likeness (QED) is 0.937. The Bertz CT molecular complexity index is 531. The fourth-order valence-corrected chi connectivity index (χ4v) is 2.20. The van der Waals surface area contributed by atoms with E-state index >= 15 is 0 Å². The topological polar surface area (TPSA) is 29.9 Å². The van der Waals surface area contributed by atoms with Crippen LogP contribution >= 0.6 is 15.9 Å². The van der Waals surface area contributed by atoms with Crippen molar-refractivity contribution in [3.63, 3.8) is 0 Å². The Labute approximate surface area is 112 Å². The smallest absolute Gasteiger partial charge is 0.150 e. The molecule has 0 bridgehead atoms. The average molecular weight is 316 g/mol. The van der Waals surface area contributed by atoms with Gasteiger partial charge in [0, 0.05) is 36.0 Å². The van der Waals surface area contributed by atoms with E-state index in [-0.39, 0.29) is 5.69 Å². The van der Waals surface area contributed by atoms with Crippen LogP contribution in [0.2, 0.25) is 0 Å². The minimum absolute atomic E-state index is 0.272. The number of nitrogens with zero attached hydrogens (tertiary/aromatic N) is 2. The lowest BCUT2D eigenvalue weighted by molar-refractivity contribution is 0.582. The molecule has 0 aliphatic carbocycles. The molecule has 6 heteroatoms. The number of imidazole rings is 1. The Morgan fingerprint density at radius 3 is 2.78 bits per heavy atom. The summed E-state index contributed by atoms with van der Waals surface area (Å²) in [7, 11) is 0. The van der Waals surface area contributed by atoms with Crippen LogP contribution in [0.4, 0.5) is 14.5 Å². The van der Waals surface area contributed by atoms with Crippen molar-refractivity contribution >= 4 is 21.6 Å². The number of hydrogen-bond donors (Lipinski definition) is 1. The van der Waals surface area contributed by atoms with Gasteiger partial charge >= 0.3 is 0 Å². The number of nitrogens with one attached hydrogen (secondary N) is 1. The molecule has 0 aliphatic heterocycles. The van der Waals surface area contributed by atoms with Crippen molar-refractivity contribution in [2.24, 2.45) is 0 Å². The third kappa shape index (κ3) is 2.87. The molecule has 0 unspecified atom stereocenters. The van der Waals surface area contributed by atoms with Gasteiger partial charge in [-0.2, -0.15) is 0 Å². The highest BCUT2D eigenvalue weighted by Gasteiger charge is 2.08. The molecular weight excluding hydrogens is 304 g/mol. The van der Waals surface area contributed by atoms with Crippen LogP contribution in [0, 0.1) is 18.6 Å². The Hall–Kier alpha value is -1.43. The zero-order chi connectivity index (χ0) is 13.1. The highest BCUT2D eigenvalue weighted by atomic mass is 79.9. The largest absolute Gasteiger partial charge is 0.380 e. The maximum atomic E-state index is 13.5. The summed E-state index contributed by atoms with van der Waals surface area (Å²) in [4.78, 5) is 4.09. The standard InChI is InChI=1S/C12H12BrF2N3/c1-8-16-2-4-18(8)5-3-17-12-10(13)6-9(14)7-11(12)15/h2,4,6-7,17H,3,5H2,1H3. The molecule has 0 saturated carbocycles. The van der Waals surface area contributed by atoms with E-state index in [4.69, 9.17) is 0 Å². The van der Waals surface area contributed by atoms with Gasteiger partial charge in [0.25, 0.3) is 0 Å². The maximum Gasteiger partial charge on any atom is 0.150 e. The van der Waals surface area contributed by atoms with E-state index in [9.17, 15) is 8.78 Å². The molecule has 2 rings (SSSR count). The van der Waals surface area contributed by atoms with Crippen molar-refractivity contribution in [1.29, 1.82) is 0 Å². The van der Waals surface area contributed by atoms with Gasteiger partial charge in [-0.15, -0.1) is 0 Å².